The van der Waals surface area contributed by atoms with Gasteiger partial charge in [-0.15, -0.1) is 11.3 Å². The minimum absolute atomic E-state index is 0.0422. The molecule has 7 heteroatoms. The van der Waals surface area contributed by atoms with Crippen molar-refractivity contribution in [3.8, 4) is 0 Å². The van der Waals surface area contributed by atoms with Crippen molar-refractivity contribution >= 4 is 49.8 Å². The molecule has 0 aliphatic rings. The number of hydrogen-bond donors (Lipinski definition) is 1. The first kappa shape index (κ1) is 19.6. The second-order valence-electron chi connectivity index (χ2n) is 6.95. The molecule has 0 fully saturated rings. The molecule has 2 heterocycles. The third kappa shape index (κ3) is 3.78. The van der Waals surface area contributed by atoms with E-state index < -0.39 is 0 Å². The number of nitrogens with zero attached hydrogens (tertiary/aromatic N) is 2. The molecule has 1 amide bonds. The molecule has 0 aliphatic heterocycles. The van der Waals surface area contributed by atoms with Crippen LogP contribution in [0.2, 0.25) is 5.02 Å². The standard InChI is InChI=1S/C22H20ClN3O2S/c1-3-10-26(22(28)20-13(2)15-6-4-5-7-18(15)29-20)12-19-24-17-11-14(23)8-9-16(17)21(27)25-19/h4-9,11H,3,10,12H2,1-2H3,(H,24,25,27). The fourth-order valence-electron chi connectivity index (χ4n) is 3.46. The molecule has 0 saturated carbocycles. The lowest BCUT2D eigenvalue weighted by Gasteiger charge is -2.21. The molecule has 4 aromatic rings. The normalized spacial score (nSPS) is 11.3. The molecule has 29 heavy (non-hydrogen) atoms. The Balaban J connectivity index is 1.70. The summed E-state index contributed by atoms with van der Waals surface area (Å²) >= 11 is 7.55. The summed E-state index contributed by atoms with van der Waals surface area (Å²) in [4.78, 5) is 35.6. The zero-order chi connectivity index (χ0) is 20.5. The molecule has 0 radical (unpaired) electrons. The second-order valence-corrected chi connectivity index (χ2v) is 8.44. The summed E-state index contributed by atoms with van der Waals surface area (Å²) in [5.74, 6) is 0.407. The van der Waals surface area contributed by atoms with Gasteiger partial charge in [0.1, 0.15) is 5.82 Å². The second kappa shape index (κ2) is 7.97. The van der Waals surface area contributed by atoms with Gasteiger partial charge < -0.3 is 9.88 Å². The Bertz CT molecular complexity index is 1280. The maximum Gasteiger partial charge on any atom is 0.264 e. The minimum atomic E-state index is -0.233. The summed E-state index contributed by atoms with van der Waals surface area (Å²) in [6.45, 7) is 4.81. The Morgan fingerprint density at radius 2 is 2.00 bits per heavy atom. The van der Waals surface area contributed by atoms with Crippen LogP contribution in [0.5, 0.6) is 0 Å². The van der Waals surface area contributed by atoms with Crippen LogP contribution in [0.4, 0.5) is 0 Å². The van der Waals surface area contributed by atoms with Crippen molar-refractivity contribution < 1.29 is 4.79 Å². The highest BCUT2D eigenvalue weighted by molar-refractivity contribution is 7.21. The van der Waals surface area contributed by atoms with E-state index in [0.29, 0.717) is 28.3 Å². The summed E-state index contributed by atoms with van der Waals surface area (Å²) in [5, 5.41) is 2.10. The number of aromatic nitrogens is 2. The summed E-state index contributed by atoms with van der Waals surface area (Å²) in [5.41, 5.74) is 1.28. The number of nitrogens with one attached hydrogen (secondary N) is 1. The van der Waals surface area contributed by atoms with Gasteiger partial charge in [0.15, 0.2) is 0 Å². The Morgan fingerprint density at radius 3 is 2.76 bits per heavy atom. The van der Waals surface area contributed by atoms with Crippen LogP contribution in [0.15, 0.2) is 47.3 Å². The highest BCUT2D eigenvalue weighted by atomic mass is 35.5. The molecule has 0 saturated heterocycles. The van der Waals surface area contributed by atoms with Crippen molar-refractivity contribution in [1.82, 2.24) is 14.9 Å². The number of carbonyl (C=O) groups is 1. The lowest BCUT2D eigenvalue weighted by Crippen LogP contribution is -2.32. The van der Waals surface area contributed by atoms with Crippen molar-refractivity contribution in [1.29, 1.82) is 0 Å². The van der Waals surface area contributed by atoms with E-state index in [1.807, 2.05) is 38.1 Å². The van der Waals surface area contributed by atoms with Crippen LogP contribution >= 0.6 is 22.9 Å². The Morgan fingerprint density at radius 1 is 1.21 bits per heavy atom. The molecule has 5 nitrogen and oxygen atoms in total. The van der Waals surface area contributed by atoms with Gasteiger partial charge in [0.2, 0.25) is 0 Å². The number of aromatic amines is 1. The number of benzene rings is 2. The van der Waals surface area contributed by atoms with E-state index in [-0.39, 0.29) is 18.0 Å². The van der Waals surface area contributed by atoms with E-state index in [0.717, 1.165) is 26.9 Å². The highest BCUT2D eigenvalue weighted by Gasteiger charge is 2.22. The maximum absolute atomic E-state index is 13.3. The zero-order valence-corrected chi connectivity index (χ0v) is 17.7. The largest absolute Gasteiger partial charge is 0.330 e. The number of carbonyl (C=O) groups excluding carboxylic acids is 1. The van der Waals surface area contributed by atoms with E-state index in [2.05, 4.69) is 9.97 Å². The average molecular weight is 426 g/mol. The molecule has 0 atom stereocenters. The SMILES string of the molecule is CCCN(Cc1nc2cc(Cl)ccc2c(=O)[nH]1)C(=O)c1sc2ccccc2c1C. The molecule has 0 spiro atoms. The fourth-order valence-corrected chi connectivity index (χ4v) is 4.80. The molecule has 148 valence electrons. The summed E-state index contributed by atoms with van der Waals surface area (Å²) < 4.78 is 1.09. The predicted octanol–water partition coefficient (Wildman–Crippen LogP) is 5.15. The van der Waals surface area contributed by atoms with Crippen LogP contribution in [0.1, 0.15) is 34.4 Å². The van der Waals surface area contributed by atoms with Crippen molar-refractivity contribution in [2.24, 2.45) is 0 Å². The predicted molar refractivity (Wildman–Crippen MR) is 119 cm³/mol. The number of thiophene rings is 1. The first-order valence-corrected chi connectivity index (χ1v) is 10.6. The number of fused-ring (bicyclic) bond motifs is 2. The van der Waals surface area contributed by atoms with Gasteiger partial charge in [-0.3, -0.25) is 9.59 Å². The minimum Gasteiger partial charge on any atom is -0.330 e. The Kier molecular flexibility index (Phi) is 5.39. The highest BCUT2D eigenvalue weighted by Crippen LogP contribution is 2.31. The smallest absolute Gasteiger partial charge is 0.264 e. The van der Waals surface area contributed by atoms with Crippen LogP contribution in [-0.2, 0) is 6.54 Å². The molecule has 0 unspecified atom stereocenters. The zero-order valence-electron chi connectivity index (χ0n) is 16.2. The third-order valence-corrected chi connectivity index (χ3v) is 6.37. The van der Waals surface area contributed by atoms with Gasteiger partial charge in [0.05, 0.1) is 22.3 Å². The number of H-pyrrole nitrogens is 1. The summed E-state index contributed by atoms with van der Waals surface area (Å²) in [6, 6.07) is 13.0. The summed E-state index contributed by atoms with van der Waals surface area (Å²) in [7, 11) is 0. The molecular formula is C22H20ClN3O2S. The topological polar surface area (TPSA) is 66.1 Å². The summed E-state index contributed by atoms with van der Waals surface area (Å²) in [6.07, 6.45) is 0.805. The van der Waals surface area contributed by atoms with Gasteiger partial charge in [-0.1, -0.05) is 36.7 Å². The van der Waals surface area contributed by atoms with E-state index >= 15 is 0 Å². The van der Waals surface area contributed by atoms with Crippen molar-refractivity contribution in [2.75, 3.05) is 6.54 Å². The van der Waals surface area contributed by atoms with Crippen molar-refractivity contribution in [3.63, 3.8) is 0 Å². The number of hydrogen-bond acceptors (Lipinski definition) is 4. The van der Waals surface area contributed by atoms with Gasteiger partial charge in [-0.05, 0) is 48.6 Å². The number of amides is 1. The molecule has 0 bridgehead atoms. The van der Waals surface area contributed by atoms with Crippen LogP contribution < -0.4 is 5.56 Å². The van der Waals surface area contributed by atoms with Crippen LogP contribution in [0, 0.1) is 6.92 Å². The van der Waals surface area contributed by atoms with E-state index in [1.165, 1.54) is 11.3 Å². The number of rotatable bonds is 5. The fraction of sp³-hybridized carbons (Fsp3) is 0.227. The molecular weight excluding hydrogens is 406 g/mol. The molecule has 0 aliphatic carbocycles. The first-order valence-electron chi connectivity index (χ1n) is 9.43. The lowest BCUT2D eigenvalue weighted by molar-refractivity contribution is 0.0743. The quantitative estimate of drug-likeness (QED) is 0.480. The maximum atomic E-state index is 13.3. The number of aryl methyl sites for hydroxylation is 1. The molecule has 2 aromatic heterocycles. The van der Waals surface area contributed by atoms with E-state index in [4.69, 9.17) is 11.6 Å². The average Bonchev–Trinajstić information content (AvgIpc) is 3.03. The van der Waals surface area contributed by atoms with Gasteiger partial charge >= 0.3 is 0 Å². The van der Waals surface area contributed by atoms with Crippen LogP contribution in [0.3, 0.4) is 0 Å². The Labute approximate surface area is 177 Å². The van der Waals surface area contributed by atoms with Gasteiger partial charge in [-0.25, -0.2) is 4.98 Å². The van der Waals surface area contributed by atoms with Crippen molar-refractivity contribution in [3.05, 3.63) is 74.1 Å². The molecule has 1 N–H and O–H groups in total. The monoisotopic (exact) mass is 425 g/mol. The van der Waals surface area contributed by atoms with E-state index in [1.54, 1.807) is 23.1 Å². The van der Waals surface area contributed by atoms with Crippen molar-refractivity contribution in [2.45, 2.75) is 26.8 Å². The van der Waals surface area contributed by atoms with Gasteiger partial charge in [-0.2, -0.15) is 0 Å². The third-order valence-electron chi connectivity index (χ3n) is 4.88. The number of halogens is 1. The Hall–Kier alpha value is -2.70. The molecule has 2 aromatic carbocycles. The first-order chi connectivity index (χ1) is 14.0. The van der Waals surface area contributed by atoms with Crippen LogP contribution in [-0.4, -0.2) is 27.3 Å². The van der Waals surface area contributed by atoms with Gasteiger partial charge in [0.25, 0.3) is 11.5 Å². The van der Waals surface area contributed by atoms with Crippen LogP contribution in [0.25, 0.3) is 21.0 Å². The molecule has 4 rings (SSSR count). The van der Waals surface area contributed by atoms with Gasteiger partial charge in [0, 0.05) is 16.3 Å². The van der Waals surface area contributed by atoms with E-state index in [9.17, 15) is 9.59 Å². The lowest BCUT2D eigenvalue weighted by atomic mass is 10.1.